The average molecular weight is 510 g/mol. The van der Waals surface area contributed by atoms with Crippen LogP contribution < -0.4 is 9.62 Å². The Balaban J connectivity index is 2.16. The molecule has 7 nitrogen and oxygen atoms in total. The van der Waals surface area contributed by atoms with E-state index in [9.17, 15) is 26.8 Å². The number of rotatable bonds is 12. The number of carbonyl (C=O) groups is 2. The second-order valence-electron chi connectivity index (χ2n) is 8.85. The molecule has 0 aliphatic carbocycles. The molecular formula is C25H33F2N3O4S. The van der Waals surface area contributed by atoms with Crippen molar-refractivity contribution in [3.05, 3.63) is 65.7 Å². The third-order valence-corrected chi connectivity index (χ3v) is 6.57. The molecule has 2 amide bonds. The van der Waals surface area contributed by atoms with Crippen LogP contribution in [0.2, 0.25) is 0 Å². The van der Waals surface area contributed by atoms with Crippen LogP contribution in [-0.2, 0) is 26.2 Å². The van der Waals surface area contributed by atoms with Gasteiger partial charge in [0.1, 0.15) is 17.7 Å². The molecule has 0 saturated heterocycles. The highest BCUT2D eigenvalue weighted by atomic mass is 32.2. The maximum atomic E-state index is 14.2. The van der Waals surface area contributed by atoms with Gasteiger partial charge < -0.3 is 10.2 Å². The minimum Gasteiger partial charge on any atom is -0.354 e. The molecule has 0 fully saturated rings. The maximum absolute atomic E-state index is 14.2. The summed E-state index contributed by atoms with van der Waals surface area (Å²) >= 11 is 0. The summed E-state index contributed by atoms with van der Waals surface area (Å²) in [4.78, 5) is 27.2. The summed E-state index contributed by atoms with van der Waals surface area (Å²) < 4.78 is 53.0. The smallest absolute Gasteiger partial charge is 0.242 e. The second-order valence-corrected chi connectivity index (χ2v) is 10.8. The fourth-order valence-corrected chi connectivity index (χ4v) is 4.42. The van der Waals surface area contributed by atoms with Crippen LogP contribution in [-0.4, -0.2) is 50.5 Å². The molecule has 0 saturated carbocycles. The van der Waals surface area contributed by atoms with E-state index in [-0.39, 0.29) is 49.4 Å². The van der Waals surface area contributed by atoms with Crippen LogP contribution in [0.3, 0.4) is 0 Å². The van der Waals surface area contributed by atoms with Crippen molar-refractivity contribution in [1.29, 1.82) is 0 Å². The van der Waals surface area contributed by atoms with Gasteiger partial charge in [0.15, 0.2) is 0 Å². The van der Waals surface area contributed by atoms with Gasteiger partial charge in [0.05, 0.1) is 11.9 Å². The number of hydrogen-bond acceptors (Lipinski definition) is 4. The molecule has 0 aliphatic rings. The molecule has 0 radical (unpaired) electrons. The fourth-order valence-electron chi connectivity index (χ4n) is 3.46. The molecule has 1 N–H and O–H groups in total. The van der Waals surface area contributed by atoms with E-state index in [1.807, 2.05) is 13.8 Å². The first-order valence-electron chi connectivity index (χ1n) is 11.4. The average Bonchev–Trinajstić information content (AvgIpc) is 2.79. The molecule has 10 heteroatoms. The fraction of sp³-hybridized carbons (Fsp3) is 0.440. The van der Waals surface area contributed by atoms with E-state index in [4.69, 9.17) is 0 Å². The largest absolute Gasteiger partial charge is 0.354 e. The maximum Gasteiger partial charge on any atom is 0.242 e. The van der Waals surface area contributed by atoms with Crippen molar-refractivity contribution in [2.45, 2.75) is 46.2 Å². The van der Waals surface area contributed by atoms with Crippen LogP contribution in [0.25, 0.3) is 0 Å². The summed E-state index contributed by atoms with van der Waals surface area (Å²) in [6, 6.07) is 10.4. The van der Waals surface area contributed by atoms with Crippen LogP contribution >= 0.6 is 0 Å². The summed E-state index contributed by atoms with van der Waals surface area (Å²) in [6.45, 7) is 5.94. The van der Waals surface area contributed by atoms with Crippen molar-refractivity contribution >= 4 is 27.5 Å². The van der Waals surface area contributed by atoms with Crippen molar-refractivity contribution in [3.8, 4) is 0 Å². The molecule has 192 valence electrons. The molecule has 0 heterocycles. The van der Waals surface area contributed by atoms with Gasteiger partial charge in [0.25, 0.3) is 0 Å². The molecule has 0 aliphatic heterocycles. The molecule has 0 bridgehead atoms. The Kier molecular flexibility index (Phi) is 10.2. The molecule has 0 spiro atoms. The van der Waals surface area contributed by atoms with Gasteiger partial charge in [-0.1, -0.05) is 38.1 Å². The number of halogens is 2. The summed E-state index contributed by atoms with van der Waals surface area (Å²) in [5.41, 5.74) is 0.555. The van der Waals surface area contributed by atoms with E-state index >= 15 is 0 Å². The highest BCUT2D eigenvalue weighted by molar-refractivity contribution is 7.92. The first-order chi connectivity index (χ1) is 16.4. The van der Waals surface area contributed by atoms with Gasteiger partial charge in [-0.15, -0.1) is 0 Å². The minimum absolute atomic E-state index is 0.0660. The number of sulfonamides is 1. The second kappa shape index (κ2) is 12.6. The number of para-hydroxylation sites is 1. The van der Waals surface area contributed by atoms with E-state index in [0.29, 0.717) is 12.1 Å². The number of anilines is 1. The lowest BCUT2D eigenvalue weighted by Crippen LogP contribution is -2.48. The highest BCUT2D eigenvalue weighted by Gasteiger charge is 2.27. The van der Waals surface area contributed by atoms with Crippen molar-refractivity contribution in [2.75, 3.05) is 23.7 Å². The lowest BCUT2D eigenvalue weighted by Gasteiger charge is -2.29. The molecule has 0 aromatic heterocycles. The standard InChI is InChI=1S/C25H33F2N3O4S/c1-18(2)16-28-25(32)19(3)29(17-20-11-13-21(26)14-12-20)24(31)10-7-15-30(35(4,33)34)23-9-6-5-8-22(23)27/h5-6,8-9,11-14,18-19H,7,10,15-17H2,1-4H3,(H,28,32)/t19-/m0/s1. The Morgan fingerprint density at radius 3 is 2.20 bits per heavy atom. The van der Waals surface area contributed by atoms with Gasteiger partial charge in [-0.2, -0.15) is 0 Å². The van der Waals surface area contributed by atoms with Gasteiger partial charge >= 0.3 is 0 Å². The summed E-state index contributed by atoms with van der Waals surface area (Å²) in [7, 11) is -3.79. The minimum atomic E-state index is -3.79. The van der Waals surface area contributed by atoms with E-state index in [1.54, 1.807) is 6.92 Å². The zero-order valence-corrected chi connectivity index (χ0v) is 21.3. The van der Waals surface area contributed by atoms with Crippen LogP contribution in [0.5, 0.6) is 0 Å². The van der Waals surface area contributed by atoms with Crippen LogP contribution in [0, 0.1) is 17.6 Å². The zero-order chi connectivity index (χ0) is 26.2. The quantitative estimate of drug-likeness (QED) is 0.473. The van der Waals surface area contributed by atoms with E-state index in [2.05, 4.69) is 5.32 Å². The number of hydrogen-bond donors (Lipinski definition) is 1. The summed E-state index contributed by atoms with van der Waals surface area (Å²) in [6.07, 6.45) is 1.02. The van der Waals surface area contributed by atoms with E-state index in [0.717, 1.165) is 10.6 Å². The van der Waals surface area contributed by atoms with Crippen molar-refractivity contribution in [2.24, 2.45) is 5.92 Å². The predicted molar refractivity (Wildman–Crippen MR) is 132 cm³/mol. The van der Waals surface area contributed by atoms with Crippen LogP contribution in [0.4, 0.5) is 14.5 Å². The Bertz CT molecular complexity index is 1110. The first-order valence-corrected chi connectivity index (χ1v) is 13.3. The van der Waals surface area contributed by atoms with Crippen LogP contribution in [0.1, 0.15) is 39.2 Å². The van der Waals surface area contributed by atoms with E-state index in [1.165, 1.54) is 53.4 Å². The SMILES string of the molecule is CC(C)CNC(=O)[C@H](C)N(Cc1ccc(F)cc1)C(=O)CCCN(c1ccccc1F)S(C)(=O)=O. The molecule has 0 unspecified atom stereocenters. The van der Waals surface area contributed by atoms with E-state index < -0.39 is 27.7 Å². The van der Waals surface area contributed by atoms with Crippen LogP contribution in [0.15, 0.2) is 48.5 Å². The highest BCUT2D eigenvalue weighted by Crippen LogP contribution is 2.22. The number of benzene rings is 2. The normalized spacial score (nSPS) is 12.3. The summed E-state index contributed by atoms with van der Waals surface area (Å²) in [5, 5.41) is 2.81. The third-order valence-electron chi connectivity index (χ3n) is 5.39. The van der Waals surface area contributed by atoms with Gasteiger partial charge in [-0.05, 0) is 49.1 Å². The van der Waals surface area contributed by atoms with Gasteiger partial charge in [-0.3, -0.25) is 13.9 Å². The zero-order valence-electron chi connectivity index (χ0n) is 20.5. The molecule has 2 aromatic rings. The number of nitrogens with one attached hydrogen (secondary N) is 1. The summed E-state index contributed by atoms with van der Waals surface area (Å²) in [5.74, 6) is -1.56. The Labute approximate surface area is 206 Å². The lowest BCUT2D eigenvalue weighted by atomic mass is 10.1. The number of carbonyl (C=O) groups excluding carboxylic acids is 2. The molecule has 35 heavy (non-hydrogen) atoms. The topological polar surface area (TPSA) is 86.8 Å². The van der Waals surface area contributed by atoms with Gasteiger partial charge in [0, 0.05) is 26.1 Å². The molecular weight excluding hydrogens is 476 g/mol. The van der Waals surface area contributed by atoms with Crippen molar-refractivity contribution < 1.29 is 26.8 Å². The molecule has 2 rings (SSSR count). The first kappa shape index (κ1) is 28.2. The Morgan fingerprint density at radius 1 is 1.00 bits per heavy atom. The Morgan fingerprint density at radius 2 is 1.63 bits per heavy atom. The number of nitrogens with zero attached hydrogens (tertiary/aromatic N) is 2. The number of amides is 2. The third kappa shape index (κ3) is 8.61. The molecule has 1 atom stereocenters. The van der Waals surface area contributed by atoms with Gasteiger partial charge in [-0.25, -0.2) is 17.2 Å². The molecule has 2 aromatic carbocycles. The Hall–Kier alpha value is -3.01. The van der Waals surface area contributed by atoms with Crippen molar-refractivity contribution in [1.82, 2.24) is 10.2 Å². The lowest BCUT2D eigenvalue weighted by molar-refractivity contribution is -0.140. The monoisotopic (exact) mass is 509 g/mol. The van der Waals surface area contributed by atoms with Crippen molar-refractivity contribution in [3.63, 3.8) is 0 Å². The van der Waals surface area contributed by atoms with Gasteiger partial charge in [0.2, 0.25) is 21.8 Å². The predicted octanol–water partition coefficient (Wildman–Crippen LogP) is 3.70.